The number of nitrogens with one attached hydrogen (secondary N) is 2. The number of hydrogen-bond donors (Lipinski definition) is 2. The first-order valence-electron chi connectivity index (χ1n) is 7.83. The van der Waals surface area contributed by atoms with E-state index in [4.69, 9.17) is 0 Å². The molecule has 1 rings (SSSR count). The molecule has 1 fully saturated rings. The standard InChI is InChI=1S/C13H26F3N5O2S/c1-4-17-12(18-5-6-19-24(3,22)23)21-9-7-20(8-10-21)11(2)13(14,15)16/h11,19H,4-10H2,1-3H3,(H,17,18). The average molecular weight is 373 g/mol. The van der Waals surface area contributed by atoms with Gasteiger partial charge in [0.15, 0.2) is 5.96 Å². The highest BCUT2D eigenvalue weighted by molar-refractivity contribution is 7.88. The number of rotatable bonds is 6. The highest BCUT2D eigenvalue weighted by Crippen LogP contribution is 2.25. The average Bonchev–Trinajstić information content (AvgIpc) is 2.48. The normalized spacial score (nSPS) is 19.4. The molecule has 2 N–H and O–H groups in total. The van der Waals surface area contributed by atoms with Crippen molar-refractivity contribution in [2.75, 3.05) is 52.1 Å². The lowest BCUT2D eigenvalue weighted by Crippen LogP contribution is -2.56. The molecule has 1 saturated heterocycles. The summed E-state index contributed by atoms with van der Waals surface area (Å²) in [6, 6.07) is -1.46. The van der Waals surface area contributed by atoms with Crippen molar-refractivity contribution in [1.29, 1.82) is 0 Å². The van der Waals surface area contributed by atoms with Crippen LogP contribution in [0.3, 0.4) is 0 Å². The summed E-state index contributed by atoms with van der Waals surface area (Å²) in [7, 11) is -3.26. The molecule has 1 unspecified atom stereocenters. The second kappa shape index (κ2) is 8.86. The zero-order valence-corrected chi connectivity index (χ0v) is 15.0. The highest BCUT2D eigenvalue weighted by Gasteiger charge is 2.41. The third kappa shape index (κ3) is 7.22. The molecule has 0 saturated carbocycles. The third-order valence-electron chi connectivity index (χ3n) is 3.71. The number of alkyl halides is 3. The van der Waals surface area contributed by atoms with E-state index < -0.39 is 22.2 Å². The van der Waals surface area contributed by atoms with Gasteiger partial charge in [-0.15, -0.1) is 0 Å². The molecule has 0 spiro atoms. The minimum absolute atomic E-state index is 0.179. The maximum atomic E-state index is 12.8. The molecule has 0 amide bonds. The number of guanidine groups is 1. The molecule has 24 heavy (non-hydrogen) atoms. The van der Waals surface area contributed by atoms with Crippen molar-refractivity contribution in [1.82, 2.24) is 19.8 Å². The fourth-order valence-corrected chi connectivity index (χ4v) is 2.81. The van der Waals surface area contributed by atoms with E-state index in [1.54, 1.807) is 0 Å². The van der Waals surface area contributed by atoms with Gasteiger partial charge in [-0.2, -0.15) is 13.2 Å². The fourth-order valence-electron chi connectivity index (χ4n) is 2.35. The Bertz CT molecular complexity index is 516. The first kappa shape index (κ1) is 21.0. The second-order valence-electron chi connectivity index (χ2n) is 5.64. The van der Waals surface area contributed by atoms with Crippen LogP contribution in [0.15, 0.2) is 4.99 Å². The number of halogens is 3. The maximum Gasteiger partial charge on any atom is 0.403 e. The zero-order chi connectivity index (χ0) is 18.4. The number of sulfonamides is 1. The van der Waals surface area contributed by atoms with Crippen LogP contribution in [0.2, 0.25) is 0 Å². The monoisotopic (exact) mass is 373 g/mol. The molecule has 1 aliphatic rings. The van der Waals surface area contributed by atoms with Gasteiger partial charge in [0.2, 0.25) is 10.0 Å². The van der Waals surface area contributed by atoms with Gasteiger partial charge in [-0.3, -0.25) is 9.89 Å². The smallest absolute Gasteiger partial charge is 0.357 e. The first-order valence-corrected chi connectivity index (χ1v) is 9.72. The summed E-state index contributed by atoms with van der Waals surface area (Å²) in [5.74, 6) is 0.590. The van der Waals surface area contributed by atoms with E-state index in [0.29, 0.717) is 38.7 Å². The fraction of sp³-hybridized carbons (Fsp3) is 0.923. The molecule has 142 valence electrons. The van der Waals surface area contributed by atoms with E-state index in [1.807, 2.05) is 11.8 Å². The molecule has 1 aliphatic heterocycles. The molecule has 11 heteroatoms. The summed E-state index contributed by atoms with van der Waals surface area (Å²) in [6.07, 6.45) is -3.15. The van der Waals surface area contributed by atoms with Crippen LogP contribution in [0.25, 0.3) is 0 Å². The Hall–Kier alpha value is -1.07. The lowest BCUT2D eigenvalue weighted by molar-refractivity contribution is -0.181. The number of piperazine rings is 1. The topological polar surface area (TPSA) is 77.0 Å². The number of nitrogens with zero attached hydrogens (tertiary/aromatic N) is 3. The molecule has 0 aromatic heterocycles. The number of aliphatic imine (C=N–C) groups is 1. The van der Waals surface area contributed by atoms with Crippen LogP contribution in [0.4, 0.5) is 13.2 Å². The predicted molar refractivity (Wildman–Crippen MR) is 87.5 cm³/mol. The minimum atomic E-state index is -4.22. The van der Waals surface area contributed by atoms with Crippen LogP contribution < -0.4 is 10.0 Å². The van der Waals surface area contributed by atoms with Crippen LogP contribution in [0.1, 0.15) is 13.8 Å². The van der Waals surface area contributed by atoms with Crippen molar-refractivity contribution in [3.05, 3.63) is 0 Å². The number of hydrogen-bond acceptors (Lipinski definition) is 4. The van der Waals surface area contributed by atoms with Crippen molar-refractivity contribution in [2.45, 2.75) is 26.1 Å². The summed E-state index contributed by atoms with van der Waals surface area (Å²) in [5, 5.41) is 3.08. The first-order chi connectivity index (χ1) is 11.0. The van der Waals surface area contributed by atoms with E-state index in [2.05, 4.69) is 15.0 Å². The summed E-state index contributed by atoms with van der Waals surface area (Å²) in [5.41, 5.74) is 0. The van der Waals surface area contributed by atoms with Crippen LogP contribution >= 0.6 is 0 Å². The SMILES string of the molecule is CCNC(=NCCNS(C)(=O)=O)N1CCN(C(C)C(F)(F)F)CC1. The quantitative estimate of drug-likeness (QED) is 0.391. The van der Waals surface area contributed by atoms with Crippen molar-refractivity contribution in [3.63, 3.8) is 0 Å². The lowest BCUT2D eigenvalue weighted by Gasteiger charge is -2.39. The third-order valence-corrected chi connectivity index (χ3v) is 4.44. The molecular formula is C13H26F3N5O2S. The molecule has 1 atom stereocenters. The van der Waals surface area contributed by atoms with E-state index >= 15 is 0 Å². The Labute approximate surface area is 141 Å². The zero-order valence-electron chi connectivity index (χ0n) is 14.2. The van der Waals surface area contributed by atoms with E-state index in [-0.39, 0.29) is 13.1 Å². The van der Waals surface area contributed by atoms with E-state index in [9.17, 15) is 21.6 Å². The van der Waals surface area contributed by atoms with Gasteiger partial charge in [0.1, 0.15) is 6.04 Å². The summed E-state index contributed by atoms with van der Waals surface area (Å²) in [4.78, 5) is 7.62. The molecular weight excluding hydrogens is 347 g/mol. The highest BCUT2D eigenvalue weighted by atomic mass is 32.2. The molecule has 0 aromatic carbocycles. The van der Waals surface area contributed by atoms with Gasteiger partial charge in [-0.05, 0) is 13.8 Å². The molecule has 0 aromatic rings. The van der Waals surface area contributed by atoms with Gasteiger partial charge in [0.25, 0.3) is 0 Å². The van der Waals surface area contributed by atoms with Crippen LogP contribution in [0.5, 0.6) is 0 Å². The van der Waals surface area contributed by atoms with E-state index in [1.165, 1.54) is 11.8 Å². The van der Waals surface area contributed by atoms with Crippen molar-refractivity contribution < 1.29 is 21.6 Å². The summed E-state index contributed by atoms with van der Waals surface area (Å²) in [6.45, 7) is 5.60. The predicted octanol–water partition coefficient (Wildman–Crippen LogP) is 0.0695. The lowest BCUT2D eigenvalue weighted by atomic mass is 10.2. The van der Waals surface area contributed by atoms with Crippen molar-refractivity contribution in [3.8, 4) is 0 Å². The molecule has 7 nitrogen and oxygen atoms in total. The van der Waals surface area contributed by atoms with Crippen LogP contribution in [0, 0.1) is 0 Å². The summed E-state index contributed by atoms with van der Waals surface area (Å²) < 4.78 is 62.6. The second-order valence-corrected chi connectivity index (χ2v) is 7.48. The van der Waals surface area contributed by atoms with Crippen LogP contribution in [-0.4, -0.2) is 88.5 Å². The maximum absolute atomic E-state index is 12.8. The van der Waals surface area contributed by atoms with Crippen molar-refractivity contribution in [2.24, 2.45) is 4.99 Å². The molecule has 1 heterocycles. The van der Waals surface area contributed by atoms with Gasteiger partial charge < -0.3 is 10.2 Å². The Morgan fingerprint density at radius 1 is 1.25 bits per heavy atom. The van der Waals surface area contributed by atoms with Crippen molar-refractivity contribution >= 4 is 16.0 Å². The van der Waals surface area contributed by atoms with Gasteiger partial charge in [0.05, 0.1) is 12.8 Å². The van der Waals surface area contributed by atoms with Crippen LogP contribution in [-0.2, 0) is 10.0 Å². The molecule has 0 bridgehead atoms. The Morgan fingerprint density at radius 3 is 2.29 bits per heavy atom. The van der Waals surface area contributed by atoms with Gasteiger partial charge in [-0.25, -0.2) is 13.1 Å². The Morgan fingerprint density at radius 2 is 1.83 bits per heavy atom. The summed E-state index contributed by atoms with van der Waals surface area (Å²) >= 11 is 0. The molecule has 0 radical (unpaired) electrons. The molecule has 0 aliphatic carbocycles. The van der Waals surface area contributed by atoms with Gasteiger partial charge >= 0.3 is 6.18 Å². The largest absolute Gasteiger partial charge is 0.403 e. The van der Waals surface area contributed by atoms with Gasteiger partial charge in [0, 0.05) is 39.3 Å². The van der Waals surface area contributed by atoms with Gasteiger partial charge in [-0.1, -0.05) is 0 Å². The Balaban J connectivity index is 2.56. The Kier molecular flexibility index (Phi) is 7.74. The van der Waals surface area contributed by atoms with E-state index in [0.717, 1.165) is 6.26 Å². The minimum Gasteiger partial charge on any atom is -0.357 e.